The summed E-state index contributed by atoms with van der Waals surface area (Å²) in [5.74, 6) is -0.598. The van der Waals surface area contributed by atoms with E-state index in [-0.39, 0.29) is 23.8 Å². The average molecular weight is 400 g/mol. The normalized spacial score (nSPS) is 15.6. The standard InChI is InChI=1S/C20H17FN2O4S/c1-11-16(18(22)28-23-11)19(24)25-9-13-7-15(21)8-14-10-26-20(27-17(13)14)12-5-3-2-4-6-12/h2-8,20H,9-10,22H2,1H3. The number of aromatic nitrogens is 1. The third kappa shape index (κ3) is 3.56. The quantitative estimate of drug-likeness (QED) is 0.663. The number of nitrogen functional groups attached to an aromatic ring is 1. The number of rotatable bonds is 4. The van der Waals surface area contributed by atoms with Gasteiger partial charge in [0.25, 0.3) is 0 Å². The highest BCUT2D eigenvalue weighted by Gasteiger charge is 2.26. The molecule has 1 aliphatic rings. The smallest absolute Gasteiger partial charge is 0.343 e. The zero-order valence-electron chi connectivity index (χ0n) is 15.0. The van der Waals surface area contributed by atoms with E-state index in [9.17, 15) is 9.18 Å². The van der Waals surface area contributed by atoms with Gasteiger partial charge in [-0.3, -0.25) is 0 Å². The van der Waals surface area contributed by atoms with Crippen LogP contribution in [0.1, 0.15) is 39.0 Å². The molecule has 1 unspecified atom stereocenters. The van der Waals surface area contributed by atoms with Gasteiger partial charge < -0.3 is 19.9 Å². The van der Waals surface area contributed by atoms with E-state index in [2.05, 4.69) is 4.37 Å². The molecule has 4 rings (SSSR count). The Balaban J connectivity index is 1.57. The minimum absolute atomic E-state index is 0.158. The number of fused-ring (bicyclic) bond motifs is 1. The molecule has 1 atom stereocenters. The number of esters is 1. The number of ether oxygens (including phenoxy) is 3. The maximum atomic E-state index is 14.0. The highest BCUT2D eigenvalue weighted by atomic mass is 32.1. The predicted molar refractivity (Wildman–Crippen MR) is 101 cm³/mol. The number of halogens is 1. The van der Waals surface area contributed by atoms with Crippen LogP contribution in [0.25, 0.3) is 0 Å². The van der Waals surface area contributed by atoms with Crippen LogP contribution in [-0.4, -0.2) is 10.3 Å². The van der Waals surface area contributed by atoms with Crippen LogP contribution in [0, 0.1) is 12.7 Å². The number of hydrogen-bond acceptors (Lipinski definition) is 7. The van der Waals surface area contributed by atoms with Crippen molar-refractivity contribution in [1.29, 1.82) is 0 Å². The minimum atomic E-state index is -0.618. The molecule has 0 aliphatic carbocycles. The van der Waals surface area contributed by atoms with Gasteiger partial charge in [-0.25, -0.2) is 9.18 Å². The summed E-state index contributed by atoms with van der Waals surface area (Å²) in [5, 5.41) is 0.289. The lowest BCUT2D eigenvalue weighted by molar-refractivity contribution is -0.112. The van der Waals surface area contributed by atoms with Crippen molar-refractivity contribution in [3.05, 3.63) is 76.2 Å². The van der Waals surface area contributed by atoms with Gasteiger partial charge >= 0.3 is 5.97 Å². The van der Waals surface area contributed by atoms with Crippen molar-refractivity contribution < 1.29 is 23.4 Å². The number of carbonyl (C=O) groups excluding carboxylic acids is 1. The van der Waals surface area contributed by atoms with Crippen LogP contribution >= 0.6 is 11.5 Å². The van der Waals surface area contributed by atoms with Crippen molar-refractivity contribution in [2.24, 2.45) is 0 Å². The molecule has 2 heterocycles. The van der Waals surface area contributed by atoms with Crippen LogP contribution in [0.4, 0.5) is 9.39 Å². The van der Waals surface area contributed by atoms with E-state index in [4.69, 9.17) is 19.9 Å². The Morgan fingerprint density at radius 3 is 2.86 bits per heavy atom. The summed E-state index contributed by atoms with van der Waals surface area (Å²) in [5.41, 5.74) is 8.35. The lowest BCUT2D eigenvalue weighted by Crippen LogP contribution is -2.20. The van der Waals surface area contributed by atoms with E-state index in [0.717, 1.165) is 17.1 Å². The average Bonchev–Trinajstić information content (AvgIpc) is 3.04. The van der Waals surface area contributed by atoms with Gasteiger partial charge in [-0.05, 0) is 30.6 Å². The zero-order valence-corrected chi connectivity index (χ0v) is 15.8. The molecule has 0 saturated heterocycles. The first-order valence-corrected chi connectivity index (χ1v) is 9.33. The second-order valence-electron chi connectivity index (χ2n) is 6.31. The van der Waals surface area contributed by atoms with E-state index < -0.39 is 18.1 Å². The molecule has 0 fully saturated rings. The molecule has 0 bridgehead atoms. The molecule has 3 aromatic rings. The first-order valence-electron chi connectivity index (χ1n) is 8.56. The summed E-state index contributed by atoms with van der Waals surface area (Å²) in [6.45, 7) is 1.71. The Hall–Kier alpha value is -2.97. The number of benzene rings is 2. The molecule has 144 valence electrons. The van der Waals surface area contributed by atoms with Crippen LogP contribution in [0.2, 0.25) is 0 Å². The van der Waals surface area contributed by atoms with Gasteiger partial charge in [-0.15, -0.1) is 0 Å². The van der Waals surface area contributed by atoms with E-state index in [0.29, 0.717) is 22.6 Å². The van der Waals surface area contributed by atoms with E-state index >= 15 is 0 Å². The van der Waals surface area contributed by atoms with Gasteiger partial charge in [0.2, 0.25) is 6.29 Å². The van der Waals surface area contributed by atoms with Crippen LogP contribution in [0.3, 0.4) is 0 Å². The molecule has 0 amide bonds. The van der Waals surface area contributed by atoms with Crippen molar-refractivity contribution in [3.63, 3.8) is 0 Å². The molecule has 0 spiro atoms. The van der Waals surface area contributed by atoms with Gasteiger partial charge in [0.05, 0.1) is 12.3 Å². The third-order valence-corrected chi connectivity index (χ3v) is 5.11. The van der Waals surface area contributed by atoms with Gasteiger partial charge in [-0.1, -0.05) is 30.3 Å². The molecular formula is C20H17FN2O4S. The Labute approximate surface area is 164 Å². The number of nitrogens with two attached hydrogens (primary N) is 1. The number of anilines is 1. The van der Waals surface area contributed by atoms with E-state index in [1.54, 1.807) is 6.92 Å². The first kappa shape index (κ1) is 18.4. The highest BCUT2D eigenvalue weighted by Crippen LogP contribution is 2.37. The third-order valence-electron chi connectivity index (χ3n) is 4.35. The minimum Gasteiger partial charge on any atom is -0.460 e. The van der Waals surface area contributed by atoms with Crippen molar-refractivity contribution in [1.82, 2.24) is 4.37 Å². The lowest BCUT2D eigenvalue weighted by Gasteiger charge is -2.28. The second kappa shape index (κ2) is 7.57. The molecular weight excluding hydrogens is 383 g/mol. The second-order valence-corrected chi connectivity index (χ2v) is 7.11. The summed E-state index contributed by atoms with van der Waals surface area (Å²) in [6.07, 6.45) is -0.618. The Morgan fingerprint density at radius 2 is 2.14 bits per heavy atom. The summed E-state index contributed by atoms with van der Waals surface area (Å²) in [7, 11) is 0. The number of hydrogen-bond donors (Lipinski definition) is 1. The molecule has 0 radical (unpaired) electrons. The molecule has 1 aliphatic heterocycles. The summed E-state index contributed by atoms with van der Waals surface area (Å²) in [4.78, 5) is 12.4. The molecule has 1 aromatic heterocycles. The van der Waals surface area contributed by atoms with Crippen molar-refractivity contribution >= 4 is 22.5 Å². The predicted octanol–water partition coefficient (Wildman–Crippen LogP) is 4.14. The zero-order chi connectivity index (χ0) is 19.7. The fraction of sp³-hybridized carbons (Fsp3) is 0.200. The molecule has 2 N–H and O–H groups in total. The Kier molecular flexibility index (Phi) is 4.97. The number of carbonyl (C=O) groups is 1. The van der Waals surface area contributed by atoms with Crippen molar-refractivity contribution in [2.75, 3.05) is 5.73 Å². The van der Waals surface area contributed by atoms with Crippen LogP contribution < -0.4 is 10.5 Å². The largest absolute Gasteiger partial charge is 0.460 e. The highest BCUT2D eigenvalue weighted by molar-refractivity contribution is 7.10. The maximum Gasteiger partial charge on any atom is 0.343 e. The van der Waals surface area contributed by atoms with E-state index in [1.807, 2.05) is 30.3 Å². The Morgan fingerprint density at radius 1 is 1.36 bits per heavy atom. The maximum absolute atomic E-state index is 14.0. The van der Waals surface area contributed by atoms with E-state index in [1.165, 1.54) is 12.1 Å². The van der Waals surface area contributed by atoms with Crippen LogP contribution in [-0.2, 0) is 22.7 Å². The van der Waals surface area contributed by atoms with Crippen molar-refractivity contribution in [3.8, 4) is 5.75 Å². The fourth-order valence-corrected chi connectivity index (χ4v) is 3.66. The fourth-order valence-electron chi connectivity index (χ4n) is 3.01. The van der Waals surface area contributed by atoms with Crippen molar-refractivity contribution in [2.45, 2.75) is 26.4 Å². The first-order chi connectivity index (χ1) is 13.5. The molecule has 8 heteroatoms. The summed E-state index contributed by atoms with van der Waals surface area (Å²) < 4.78 is 35.1. The molecule has 6 nitrogen and oxygen atoms in total. The van der Waals surface area contributed by atoms with Crippen LogP contribution in [0.15, 0.2) is 42.5 Å². The molecule has 28 heavy (non-hydrogen) atoms. The molecule has 0 saturated carbocycles. The lowest BCUT2D eigenvalue weighted by atomic mass is 10.1. The molecule has 2 aromatic carbocycles. The summed E-state index contributed by atoms with van der Waals surface area (Å²) >= 11 is 1.03. The topological polar surface area (TPSA) is 83.7 Å². The SMILES string of the molecule is Cc1nsc(N)c1C(=O)OCc1cc(F)cc2c1OC(c1ccccc1)OC2. The number of aryl methyl sites for hydroxylation is 1. The Bertz CT molecular complexity index is 1000. The van der Waals surface area contributed by atoms with Crippen LogP contribution in [0.5, 0.6) is 5.75 Å². The van der Waals surface area contributed by atoms with Gasteiger partial charge in [0, 0.05) is 16.7 Å². The van der Waals surface area contributed by atoms with Gasteiger partial charge in [-0.2, -0.15) is 4.37 Å². The van der Waals surface area contributed by atoms with Gasteiger partial charge in [0.1, 0.15) is 28.7 Å². The number of nitrogens with zero attached hydrogens (tertiary/aromatic N) is 1. The monoisotopic (exact) mass is 400 g/mol. The van der Waals surface area contributed by atoms with Gasteiger partial charge in [0.15, 0.2) is 0 Å². The summed E-state index contributed by atoms with van der Waals surface area (Å²) in [6, 6.07) is 12.1.